The fourth-order valence-electron chi connectivity index (χ4n) is 2.81. The summed E-state index contributed by atoms with van der Waals surface area (Å²) in [5.41, 5.74) is 2.84. The maximum absolute atomic E-state index is 12.2. The third kappa shape index (κ3) is 4.53. The van der Waals surface area contributed by atoms with Gasteiger partial charge in [-0.25, -0.2) is 0 Å². The lowest BCUT2D eigenvalue weighted by Gasteiger charge is -2.23. The number of aryl methyl sites for hydroxylation is 1. The lowest BCUT2D eigenvalue weighted by atomic mass is 10.0. The van der Waals surface area contributed by atoms with Crippen molar-refractivity contribution < 1.29 is 19.1 Å². The highest BCUT2D eigenvalue weighted by molar-refractivity contribution is 6.01. The van der Waals surface area contributed by atoms with E-state index in [1.807, 2.05) is 12.1 Å². The van der Waals surface area contributed by atoms with Gasteiger partial charge in [-0.1, -0.05) is 31.2 Å². The number of fused-ring (bicyclic) bond motifs is 1. The number of ether oxygens (including phenoxy) is 1. The van der Waals surface area contributed by atoms with Gasteiger partial charge in [-0.2, -0.15) is 0 Å². The summed E-state index contributed by atoms with van der Waals surface area (Å²) in [5, 5.41) is 5.48. The van der Waals surface area contributed by atoms with Gasteiger partial charge in [0.05, 0.1) is 5.69 Å². The largest absolute Gasteiger partial charge is 0.479 e. The highest BCUT2D eigenvalue weighted by atomic mass is 16.5. The second-order valence-corrected chi connectivity index (χ2v) is 6.48. The van der Waals surface area contributed by atoms with Crippen LogP contribution in [0.1, 0.15) is 42.6 Å². The lowest BCUT2D eigenvalue weighted by molar-refractivity contribution is -0.122. The second kappa shape index (κ2) is 8.03. The summed E-state index contributed by atoms with van der Waals surface area (Å²) in [4.78, 5) is 36.0. The molecule has 1 heterocycles. The van der Waals surface area contributed by atoms with E-state index in [4.69, 9.17) is 4.74 Å². The van der Waals surface area contributed by atoms with E-state index in [1.165, 1.54) is 5.56 Å². The molecule has 0 radical (unpaired) electrons. The molecule has 1 atom stereocenters. The molecule has 140 valence electrons. The van der Waals surface area contributed by atoms with E-state index < -0.39 is 6.10 Å². The first-order valence-corrected chi connectivity index (χ1v) is 9.00. The predicted molar refractivity (Wildman–Crippen MR) is 103 cm³/mol. The first-order chi connectivity index (χ1) is 13.0. The second-order valence-electron chi connectivity index (χ2n) is 6.48. The highest BCUT2D eigenvalue weighted by Gasteiger charge is 2.23. The molecule has 27 heavy (non-hydrogen) atoms. The summed E-state index contributed by atoms with van der Waals surface area (Å²) in [5.74, 6) is 0.00858. The van der Waals surface area contributed by atoms with Gasteiger partial charge in [0.15, 0.2) is 11.9 Å². The Bertz CT molecular complexity index is 874. The first kappa shape index (κ1) is 18.6. The van der Waals surface area contributed by atoms with Crippen LogP contribution < -0.4 is 15.4 Å². The number of carbonyl (C=O) groups excluding carboxylic acids is 3. The van der Waals surface area contributed by atoms with Gasteiger partial charge < -0.3 is 15.4 Å². The Morgan fingerprint density at radius 2 is 1.85 bits per heavy atom. The summed E-state index contributed by atoms with van der Waals surface area (Å²) in [7, 11) is 0. The molecule has 6 heteroatoms. The number of Topliss-reactive ketones (excluding diaryl/α,β-unsaturated/α-hetero) is 1. The number of amides is 2. The molecule has 3 rings (SSSR count). The monoisotopic (exact) mass is 366 g/mol. The van der Waals surface area contributed by atoms with E-state index in [9.17, 15) is 14.4 Å². The summed E-state index contributed by atoms with van der Waals surface area (Å²) in [6.45, 7) is 3.72. The Labute approximate surface area is 157 Å². The van der Waals surface area contributed by atoms with Crippen molar-refractivity contribution in [3.63, 3.8) is 0 Å². The standard InChI is InChI=1S/C21H22N2O4/c1-3-14-4-6-15(7-5-14)18(24)9-11-20(25)22-16-8-10-19-17(12-16)23-21(26)13(2)27-19/h4-8,10,12-13H,3,9,11H2,1-2H3,(H,22,25)(H,23,26). The molecule has 0 aromatic heterocycles. The van der Waals surface area contributed by atoms with Crippen molar-refractivity contribution in [1.82, 2.24) is 0 Å². The Hall–Kier alpha value is -3.15. The molecule has 1 aliphatic heterocycles. The molecule has 2 N–H and O–H groups in total. The number of carbonyl (C=O) groups is 3. The normalized spacial score (nSPS) is 15.3. The number of anilines is 2. The van der Waals surface area contributed by atoms with Crippen molar-refractivity contribution in [3.05, 3.63) is 53.6 Å². The lowest BCUT2D eigenvalue weighted by Crippen LogP contribution is -2.34. The van der Waals surface area contributed by atoms with Crippen LogP contribution in [0.2, 0.25) is 0 Å². The van der Waals surface area contributed by atoms with Crippen LogP contribution in [0, 0.1) is 0 Å². The van der Waals surface area contributed by atoms with Crippen LogP contribution in [-0.4, -0.2) is 23.7 Å². The molecule has 1 aliphatic rings. The molecule has 0 saturated carbocycles. The predicted octanol–water partition coefficient (Wildman–Crippen LogP) is 3.57. The number of ketones is 1. The molecule has 2 aromatic carbocycles. The summed E-state index contributed by atoms with van der Waals surface area (Å²) < 4.78 is 5.48. The first-order valence-electron chi connectivity index (χ1n) is 9.00. The average molecular weight is 366 g/mol. The minimum Gasteiger partial charge on any atom is -0.479 e. The Kier molecular flexibility index (Phi) is 5.54. The zero-order chi connectivity index (χ0) is 19.4. The maximum atomic E-state index is 12.2. The minimum absolute atomic E-state index is 0.0621. The molecular weight excluding hydrogens is 344 g/mol. The van der Waals surface area contributed by atoms with Crippen LogP contribution in [0.25, 0.3) is 0 Å². The third-order valence-corrected chi connectivity index (χ3v) is 4.46. The number of rotatable bonds is 6. The number of hydrogen-bond acceptors (Lipinski definition) is 4. The van der Waals surface area contributed by atoms with Crippen LogP contribution in [-0.2, 0) is 16.0 Å². The molecule has 2 amide bonds. The van der Waals surface area contributed by atoms with E-state index in [0.717, 1.165) is 6.42 Å². The SMILES string of the molecule is CCc1ccc(C(=O)CCC(=O)Nc2ccc3c(c2)NC(=O)C(C)O3)cc1. The minimum atomic E-state index is -0.546. The smallest absolute Gasteiger partial charge is 0.265 e. The fourth-order valence-corrected chi connectivity index (χ4v) is 2.81. The Morgan fingerprint density at radius 1 is 1.11 bits per heavy atom. The van der Waals surface area contributed by atoms with E-state index >= 15 is 0 Å². The van der Waals surface area contributed by atoms with Crippen LogP contribution in [0.3, 0.4) is 0 Å². The molecule has 0 bridgehead atoms. The molecule has 0 spiro atoms. The van der Waals surface area contributed by atoms with E-state index in [2.05, 4.69) is 17.6 Å². The van der Waals surface area contributed by atoms with Gasteiger partial charge in [-0.15, -0.1) is 0 Å². The molecule has 0 fully saturated rings. The quantitative estimate of drug-likeness (QED) is 0.766. The molecule has 6 nitrogen and oxygen atoms in total. The van der Waals surface area contributed by atoms with E-state index in [-0.39, 0.29) is 30.4 Å². The van der Waals surface area contributed by atoms with Crippen molar-refractivity contribution >= 4 is 29.0 Å². The van der Waals surface area contributed by atoms with Crippen molar-refractivity contribution in [2.75, 3.05) is 10.6 Å². The number of benzene rings is 2. The molecule has 2 aromatic rings. The van der Waals surface area contributed by atoms with Gasteiger partial charge in [0.2, 0.25) is 5.91 Å². The van der Waals surface area contributed by atoms with Gasteiger partial charge in [0, 0.05) is 24.1 Å². The van der Waals surface area contributed by atoms with Crippen LogP contribution in [0.4, 0.5) is 11.4 Å². The third-order valence-electron chi connectivity index (χ3n) is 4.46. The Balaban J connectivity index is 1.55. The van der Waals surface area contributed by atoms with Crippen LogP contribution in [0.5, 0.6) is 5.75 Å². The summed E-state index contributed by atoms with van der Waals surface area (Å²) in [6.07, 6.45) is 0.600. The van der Waals surface area contributed by atoms with Gasteiger partial charge in [-0.05, 0) is 37.1 Å². The maximum Gasteiger partial charge on any atom is 0.265 e. The topological polar surface area (TPSA) is 84.5 Å². The summed E-state index contributed by atoms with van der Waals surface area (Å²) >= 11 is 0. The molecular formula is C21H22N2O4. The highest BCUT2D eigenvalue weighted by Crippen LogP contribution is 2.32. The zero-order valence-electron chi connectivity index (χ0n) is 15.4. The average Bonchev–Trinajstić information content (AvgIpc) is 2.67. The van der Waals surface area contributed by atoms with Crippen LogP contribution >= 0.6 is 0 Å². The van der Waals surface area contributed by atoms with Crippen molar-refractivity contribution in [3.8, 4) is 5.75 Å². The fraction of sp³-hybridized carbons (Fsp3) is 0.286. The number of nitrogens with one attached hydrogen (secondary N) is 2. The van der Waals surface area contributed by atoms with Crippen molar-refractivity contribution in [2.45, 2.75) is 39.2 Å². The Morgan fingerprint density at radius 3 is 2.56 bits per heavy atom. The van der Waals surface area contributed by atoms with Gasteiger partial charge in [0.1, 0.15) is 5.75 Å². The van der Waals surface area contributed by atoms with Gasteiger partial charge in [-0.3, -0.25) is 14.4 Å². The van der Waals surface area contributed by atoms with Gasteiger partial charge in [0.25, 0.3) is 5.91 Å². The van der Waals surface area contributed by atoms with Crippen molar-refractivity contribution in [1.29, 1.82) is 0 Å². The molecule has 0 aliphatic carbocycles. The van der Waals surface area contributed by atoms with Crippen LogP contribution in [0.15, 0.2) is 42.5 Å². The van der Waals surface area contributed by atoms with E-state index in [1.54, 1.807) is 37.3 Å². The zero-order valence-corrected chi connectivity index (χ0v) is 15.4. The molecule has 1 unspecified atom stereocenters. The summed E-state index contributed by atoms with van der Waals surface area (Å²) in [6, 6.07) is 12.5. The molecule has 0 saturated heterocycles. The number of hydrogen-bond donors (Lipinski definition) is 2. The van der Waals surface area contributed by atoms with Crippen molar-refractivity contribution in [2.24, 2.45) is 0 Å². The van der Waals surface area contributed by atoms with Gasteiger partial charge >= 0.3 is 0 Å². The van der Waals surface area contributed by atoms with E-state index in [0.29, 0.717) is 22.7 Å².